The molecule has 1 N–H and O–H groups in total. The number of aromatic nitrogens is 2. The average Bonchev–Trinajstić information content (AvgIpc) is 2.80. The summed E-state index contributed by atoms with van der Waals surface area (Å²) in [5.41, 5.74) is 3.13. The van der Waals surface area contributed by atoms with Crippen LogP contribution < -0.4 is 0 Å². The number of rotatable bonds is 2. The number of benzene rings is 1. The maximum Gasteiger partial charge on any atom is 0.193 e. The lowest BCUT2D eigenvalue weighted by atomic mass is 9.92. The highest BCUT2D eigenvalue weighted by atomic mass is 16.1. The summed E-state index contributed by atoms with van der Waals surface area (Å²) in [6, 6.07) is 5.65. The number of aromatic amines is 1. The molecule has 0 aliphatic heterocycles. The summed E-state index contributed by atoms with van der Waals surface area (Å²) >= 11 is 0. The summed E-state index contributed by atoms with van der Waals surface area (Å²) in [7, 11) is 0. The van der Waals surface area contributed by atoms with Gasteiger partial charge in [0.25, 0.3) is 0 Å². The minimum atomic E-state index is 0.0512. The van der Waals surface area contributed by atoms with E-state index in [-0.39, 0.29) is 5.78 Å². The zero-order valence-corrected chi connectivity index (χ0v) is 9.97. The number of nitrogens with one attached hydrogen (secondary N) is 1. The normalized spacial score (nSPS) is 14.9. The lowest BCUT2D eigenvalue weighted by Crippen LogP contribution is -2.06. The summed E-state index contributed by atoms with van der Waals surface area (Å²) < 4.78 is 0. The van der Waals surface area contributed by atoms with Crippen molar-refractivity contribution >= 4 is 22.8 Å². The molecule has 1 aliphatic carbocycles. The van der Waals surface area contributed by atoms with Crippen LogP contribution in [0.15, 0.2) is 48.1 Å². The van der Waals surface area contributed by atoms with Gasteiger partial charge in [-0.05, 0) is 19.1 Å². The predicted octanol–water partition coefficient (Wildman–Crippen LogP) is 3.27. The predicted molar refractivity (Wildman–Crippen MR) is 72.4 cm³/mol. The third-order valence-electron chi connectivity index (χ3n) is 3.00. The zero-order valence-electron chi connectivity index (χ0n) is 9.97. The number of carbonyl (C=O) groups excluding carboxylic acids is 1. The molecule has 2 aromatic rings. The second kappa shape index (κ2) is 4.11. The number of nitrogens with zero attached hydrogens (tertiary/aromatic N) is 1. The summed E-state index contributed by atoms with van der Waals surface area (Å²) in [4.78, 5) is 12.3. The first-order chi connectivity index (χ1) is 8.81. The number of hydrogen-bond acceptors (Lipinski definition) is 2. The van der Waals surface area contributed by atoms with Crippen molar-refractivity contribution in [1.29, 1.82) is 0 Å². The van der Waals surface area contributed by atoms with Crippen molar-refractivity contribution in [1.82, 2.24) is 10.2 Å². The highest BCUT2D eigenvalue weighted by Gasteiger charge is 2.21. The highest BCUT2D eigenvalue weighted by Crippen LogP contribution is 2.29. The quantitative estimate of drug-likeness (QED) is 0.813. The lowest BCUT2D eigenvalue weighted by Gasteiger charge is -2.09. The van der Waals surface area contributed by atoms with E-state index in [4.69, 9.17) is 0 Å². The topological polar surface area (TPSA) is 45.8 Å². The molecule has 0 saturated carbocycles. The van der Waals surface area contributed by atoms with Crippen molar-refractivity contribution in [2.24, 2.45) is 0 Å². The van der Waals surface area contributed by atoms with Crippen LogP contribution in [0, 0.1) is 0 Å². The van der Waals surface area contributed by atoms with E-state index in [0.717, 1.165) is 22.2 Å². The molecule has 18 heavy (non-hydrogen) atoms. The Morgan fingerprint density at radius 2 is 2.17 bits per heavy atom. The van der Waals surface area contributed by atoms with Crippen molar-refractivity contribution in [2.45, 2.75) is 6.92 Å². The van der Waals surface area contributed by atoms with Gasteiger partial charge in [-0.25, -0.2) is 0 Å². The van der Waals surface area contributed by atoms with Crippen LogP contribution in [0.4, 0.5) is 0 Å². The molecule has 3 nitrogen and oxygen atoms in total. The van der Waals surface area contributed by atoms with Gasteiger partial charge in [-0.15, -0.1) is 0 Å². The SMILES string of the molecule is C/C=C\C=C/C1=Cc2n[nH]c3cccc(c23)C1=O. The molecule has 3 heteroatoms. The molecular formula is C15H12N2O. The van der Waals surface area contributed by atoms with E-state index in [1.165, 1.54) is 0 Å². The van der Waals surface area contributed by atoms with E-state index in [9.17, 15) is 4.79 Å². The van der Waals surface area contributed by atoms with Crippen LogP contribution in [-0.2, 0) is 0 Å². The summed E-state index contributed by atoms with van der Waals surface area (Å²) in [5, 5.41) is 8.10. The molecule has 0 bridgehead atoms. The Balaban J connectivity index is 2.17. The molecule has 1 aromatic heterocycles. The second-order valence-electron chi connectivity index (χ2n) is 4.15. The number of H-pyrrole nitrogens is 1. The smallest absolute Gasteiger partial charge is 0.193 e. The van der Waals surface area contributed by atoms with Gasteiger partial charge >= 0.3 is 0 Å². The van der Waals surface area contributed by atoms with Crippen LogP contribution >= 0.6 is 0 Å². The van der Waals surface area contributed by atoms with E-state index in [1.54, 1.807) is 0 Å². The third-order valence-corrected chi connectivity index (χ3v) is 3.00. The molecular weight excluding hydrogens is 224 g/mol. The summed E-state index contributed by atoms with van der Waals surface area (Å²) in [6.07, 6.45) is 9.33. The minimum Gasteiger partial charge on any atom is -0.289 e. The van der Waals surface area contributed by atoms with Crippen LogP contribution in [0.25, 0.3) is 17.0 Å². The second-order valence-corrected chi connectivity index (χ2v) is 4.15. The van der Waals surface area contributed by atoms with E-state index in [1.807, 2.05) is 55.5 Å². The van der Waals surface area contributed by atoms with Crippen molar-refractivity contribution in [3.63, 3.8) is 0 Å². The Bertz CT molecular complexity index is 717. The average molecular weight is 236 g/mol. The number of Topliss-reactive ketones (excluding diaryl/α,β-unsaturated/α-hetero) is 1. The van der Waals surface area contributed by atoms with Crippen LogP contribution in [0.5, 0.6) is 0 Å². The first-order valence-electron chi connectivity index (χ1n) is 5.84. The van der Waals surface area contributed by atoms with Crippen molar-refractivity contribution in [3.8, 4) is 0 Å². The number of allylic oxidation sites excluding steroid dienone is 5. The molecule has 0 atom stereocenters. The van der Waals surface area contributed by atoms with Crippen molar-refractivity contribution in [2.75, 3.05) is 0 Å². The monoisotopic (exact) mass is 236 g/mol. The van der Waals surface area contributed by atoms with Gasteiger partial charge in [0.1, 0.15) is 0 Å². The first-order valence-corrected chi connectivity index (χ1v) is 5.84. The number of ketones is 1. The van der Waals surface area contributed by atoms with E-state index < -0.39 is 0 Å². The maximum atomic E-state index is 12.3. The van der Waals surface area contributed by atoms with Crippen LogP contribution in [-0.4, -0.2) is 16.0 Å². The van der Waals surface area contributed by atoms with Crippen molar-refractivity contribution < 1.29 is 4.79 Å². The molecule has 1 aromatic carbocycles. The van der Waals surface area contributed by atoms with Crippen LogP contribution in [0.2, 0.25) is 0 Å². The maximum absolute atomic E-state index is 12.3. The Labute approximate surface area is 105 Å². The molecule has 0 radical (unpaired) electrons. The summed E-state index contributed by atoms with van der Waals surface area (Å²) in [5.74, 6) is 0.0512. The fraction of sp³-hybridized carbons (Fsp3) is 0.0667. The summed E-state index contributed by atoms with van der Waals surface area (Å²) in [6.45, 7) is 1.94. The Morgan fingerprint density at radius 3 is 3.00 bits per heavy atom. The lowest BCUT2D eigenvalue weighted by molar-refractivity contribution is 0.104. The molecule has 0 fully saturated rings. The number of hydrogen-bond donors (Lipinski definition) is 1. The standard InChI is InChI=1S/C15H12N2O/c1-2-3-4-6-10-9-13-14-11(15(10)18)7-5-8-12(14)16-17-13/h2-9H,1H3,(H,16,17)/b3-2-,6-4-. The van der Waals surface area contributed by atoms with Gasteiger partial charge in [-0.3, -0.25) is 9.89 Å². The molecule has 88 valence electrons. The van der Waals surface area contributed by atoms with Gasteiger partial charge in [0.2, 0.25) is 0 Å². The van der Waals surface area contributed by atoms with Gasteiger partial charge in [0.05, 0.1) is 11.2 Å². The molecule has 0 amide bonds. The molecule has 3 rings (SSSR count). The minimum absolute atomic E-state index is 0.0512. The van der Waals surface area contributed by atoms with E-state index in [2.05, 4.69) is 10.2 Å². The molecule has 0 unspecified atom stereocenters. The Kier molecular flexibility index (Phi) is 2.45. The molecule has 0 saturated heterocycles. The van der Waals surface area contributed by atoms with Crippen LogP contribution in [0.3, 0.4) is 0 Å². The Morgan fingerprint density at radius 1 is 1.28 bits per heavy atom. The highest BCUT2D eigenvalue weighted by molar-refractivity contribution is 6.23. The van der Waals surface area contributed by atoms with Crippen LogP contribution in [0.1, 0.15) is 23.0 Å². The van der Waals surface area contributed by atoms with E-state index in [0.29, 0.717) is 5.57 Å². The van der Waals surface area contributed by atoms with Gasteiger partial charge in [0, 0.05) is 16.5 Å². The van der Waals surface area contributed by atoms with Crippen molar-refractivity contribution in [3.05, 3.63) is 59.3 Å². The largest absolute Gasteiger partial charge is 0.289 e. The molecule has 0 spiro atoms. The zero-order chi connectivity index (χ0) is 12.5. The fourth-order valence-corrected chi connectivity index (χ4v) is 2.15. The van der Waals surface area contributed by atoms with Gasteiger partial charge in [0.15, 0.2) is 5.78 Å². The van der Waals surface area contributed by atoms with Gasteiger partial charge in [-0.1, -0.05) is 36.4 Å². The molecule has 1 heterocycles. The third kappa shape index (κ3) is 1.52. The van der Waals surface area contributed by atoms with Gasteiger partial charge in [-0.2, -0.15) is 5.10 Å². The molecule has 1 aliphatic rings. The fourth-order valence-electron chi connectivity index (χ4n) is 2.15. The first kappa shape index (κ1) is 10.7. The van der Waals surface area contributed by atoms with Gasteiger partial charge < -0.3 is 0 Å². The van der Waals surface area contributed by atoms with E-state index >= 15 is 0 Å². The number of carbonyl (C=O) groups is 1. The Hall–Kier alpha value is -2.42.